The van der Waals surface area contributed by atoms with Gasteiger partial charge in [-0.05, 0) is 12.1 Å². The highest BCUT2D eigenvalue weighted by molar-refractivity contribution is 7.22. The number of nitrogens with one attached hydrogen (secondary N) is 2. The summed E-state index contributed by atoms with van der Waals surface area (Å²) in [6, 6.07) is 3.96. The maximum atomic E-state index is 12.3. The lowest BCUT2D eigenvalue weighted by atomic mass is 10.2. The van der Waals surface area contributed by atoms with Crippen LogP contribution in [-0.4, -0.2) is 32.7 Å². The summed E-state index contributed by atoms with van der Waals surface area (Å²) in [5, 5.41) is 3.97. The molecule has 0 bridgehead atoms. The van der Waals surface area contributed by atoms with Gasteiger partial charge in [-0.15, -0.1) is 11.3 Å². The normalized spacial score (nSPS) is 12.1. The molecule has 5 nitrogen and oxygen atoms in total. The molecule has 9 heteroatoms. The second-order valence-electron chi connectivity index (χ2n) is 5.15. The van der Waals surface area contributed by atoms with Crippen molar-refractivity contribution in [3.8, 4) is 10.4 Å². The highest BCUT2D eigenvalue weighted by atomic mass is 32.1. The molecule has 0 radical (unpaired) electrons. The third-order valence-electron chi connectivity index (χ3n) is 3.46. The Kier molecular flexibility index (Phi) is 3.38. The van der Waals surface area contributed by atoms with Crippen LogP contribution < -0.4 is 5.32 Å². The van der Waals surface area contributed by atoms with E-state index in [2.05, 4.69) is 25.3 Å². The number of fused-ring (bicyclic) bond motifs is 2. The molecule has 4 heterocycles. The van der Waals surface area contributed by atoms with Crippen molar-refractivity contribution in [1.82, 2.24) is 19.9 Å². The average molecular weight is 349 g/mol. The third-order valence-corrected chi connectivity index (χ3v) is 4.61. The minimum Gasteiger partial charge on any atom is -0.345 e. The fourth-order valence-corrected chi connectivity index (χ4v) is 3.45. The summed E-state index contributed by atoms with van der Waals surface area (Å²) in [5.41, 5.74) is 1.40. The number of hydrogen-bond acceptors (Lipinski definition) is 5. The molecule has 0 aliphatic heterocycles. The van der Waals surface area contributed by atoms with Crippen LogP contribution in [0.1, 0.15) is 0 Å². The van der Waals surface area contributed by atoms with Crippen LogP contribution in [0.5, 0.6) is 0 Å². The fourth-order valence-electron chi connectivity index (χ4n) is 2.39. The fraction of sp³-hybridized carbons (Fsp3) is 0.133. The monoisotopic (exact) mass is 349 g/mol. The molecule has 2 N–H and O–H groups in total. The van der Waals surface area contributed by atoms with E-state index in [1.54, 1.807) is 29.9 Å². The number of aromatic amines is 1. The lowest BCUT2D eigenvalue weighted by Crippen LogP contribution is -2.22. The number of H-pyrrole nitrogens is 1. The van der Waals surface area contributed by atoms with E-state index in [0.29, 0.717) is 5.65 Å². The molecule has 0 aromatic carbocycles. The summed E-state index contributed by atoms with van der Waals surface area (Å²) >= 11 is 1.61. The van der Waals surface area contributed by atoms with Crippen molar-refractivity contribution in [3.05, 3.63) is 36.9 Å². The molecule has 0 spiro atoms. The first-order valence-corrected chi connectivity index (χ1v) is 7.80. The topological polar surface area (TPSA) is 66.5 Å². The molecule has 0 aliphatic carbocycles. The summed E-state index contributed by atoms with van der Waals surface area (Å²) in [6.07, 6.45) is 2.52. The van der Waals surface area contributed by atoms with Crippen LogP contribution in [0, 0.1) is 0 Å². The average Bonchev–Trinajstić information content (AvgIpc) is 3.15. The van der Waals surface area contributed by atoms with E-state index >= 15 is 0 Å². The molecule has 4 rings (SSSR count). The van der Waals surface area contributed by atoms with E-state index < -0.39 is 12.7 Å². The van der Waals surface area contributed by atoms with Crippen LogP contribution in [0.15, 0.2) is 36.9 Å². The minimum atomic E-state index is -4.32. The van der Waals surface area contributed by atoms with Gasteiger partial charge in [0.15, 0.2) is 0 Å². The summed E-state index contributed by atoms with van der Waals surface area (Å²) in [6.45, 7) is -1.17. The predicted octanol–water partition coefficient (Wildman–Crippen LogP) is 4.21. The largest absolute Gasteiger partial charge is 0.405 e. The van der Waals surface area contributed by atoms with Gasteiger partial charge < -0.3 is 10.3 Å². The van der Waals surface area contributed by atoms with Gasteiger partial charge >= 0.3 is 6.18 Å². The van der Waals surface area contributed by atoms with Crippen molar-refractivity contribution in [2.24, 2.45) is 0 Å². The van der Waals surface area contributed by atoms with Gasteiger partial charge in [-0.1, -0.05) is 0 Å². The Balaban J connectivity index is 1.70. The zero-order chi connectivity index (χ0) is 16.7. The molecule has 0 saturated carbocycles. The standard InChI is InChI=1S/C15H10F3N5S/c16-15(17,18)7-22-14-21-6-10-9(5-20-13(10)23-14)12-3-8-4-19-2-1-11(8)24-12/h1-6H,7H2,(H2,20,21,22,23). The van der Waals surface area contributed by atoms with Crippen molar-refractivity contribution in [3.63, 3.8) is 0 Å². The number of pyridine rings is 1. The van der Waals surface area contributed by atoms with E-state index in [9.17, 15) is 13.2 Å². The zero-order valence-corrected chi connectivity index (χ0v) is 12.9. The third kappa shape index (κ3) is 2.78. The first-order valence-electron chi connectivity index (χ1n) is 6.98. The molecule has 122 valence electrons. The van der Waals surface area contributed by atoms with Crippen LogP contribution >= 0.6 is 11.3 Å². The molecule has 0 aliphatic rings. The maximum absolute atomic E-state index is 12.3. The number of aromatic nitrogens is 4. The maximum Gasteiger partial charge on any atom is 0.405 e. The Morgan fingerprint density at radius 1 is 1.25 bits per heavy atom. The van der Waals surface area contributed by atoms with Crippen LogP contribution in [0.3, 0.4) is 0 Å². The Labute approximate surface area is 137 Å². The first-order chi connectivity index (χ1) is 11.5. The molecule has 0 saturated heterocycles. The van der Waals surface area contributed by atoms with E-state index in [-0.39, 0.29) is 5.95 Å². The summed E-state index contributed by atoms with van der Waals surface area (Å²) in [5.74, 6) is -0.0613. The Bertz CT molecular complexity index is 988. The van der Waals surface area contributed by atoms with Crippen molar-refractivity contribution in [2.75, 3.05) is 11.9 Å². The summed E-state index contributed by atoms with van der Waals surface area (Å²) in [7, 11) is 0. The van der Waals surface area contributed by atoms with Crippen molar-refractivity contribution >= 4 is 38.4 Å². The van der Waals surface area contributed by atoms with Gasteiger partial charge in [0.05, 0.1) is 0 Å². The predicted molar refractivity (Wildman–Crippen MR) is 87.0 cm³/mol. The Morgan fingerprint density at radius 2 is 2.12 bits per heavy atom. The van der Waals surface area contributed by atoms with Gasteiger partial charge in [0.25, 0.3) is 0 Å². The summed E-state index contributed by atoms with van der Waals surface area (Å²) < 4.78 is 37.9. The smallest absolute Gasteiger partial charge is 0.345 e. The molecule has 0 amide bonds. The highest BCUT2D eigenvalue weighted by Crippen LogP contribution is 2.36. The number of rotatable bonds is 3. The molecule has 0 atom stereocenters. The molecule has 0 fully saturated rings. The van der Waals surface area contributed by atoms with Crippen LogP contribution in [-0.2, 0) is 0 Å². The van der Waals surface area contributed by atoms with Gasteiger partial charge in [0.1, 0.15) is 12.2 Å². The number of nitrogens with zero attached hydrogens (tertiary/aromatic N) is 3. The number of anilines is 1. The van der Waals surface area contributed by atoms with E-state index in [4.69, 9.17) is 0 Å². The van der Waals surface area contributed by atoms with Gasteiger partial charge in [0, 0.05) is 50.7 Å². The Morgan fingerprint density at radius 3 is 2.92 bits per heavy atom. The summed E-state index contributed by atoms with van der Waals surface area (Å²) in [4.78, 5) is 16.2. The SMILES string of the molecule is FC(F)(F)CNc1ncc2c(-c3cc4cnccc4s3)c[nH]c2n1. The first kappa shape index (κ1) is 14.9. The molecule has 0 unspecified atom stereocenters. The molecule has 4 aromatic rings. The van der Waals surface area contributed by atoms with E-state index in [1.807, 2.05) is 12.1 Å². The van der Waals surface area contributed by atoms with Gasteiger partial charge in [-0.3, -0.25) is 4.98 Å². The highest BCUT2D eigenvalue weighted by Gasteiger charge is 2.27. The minimum absolute atomic E-state index is 0.0613. The van der Waals surface area contributed by atoms with Gasteiger partial charge in [-0.25, -0.2) is 4.98 Å². The second kappa shape index (κ2) is 5.45. The van der Waals surface area contributed by atoms with Crippen LogP contribution in [0.2, 0.25) is 0 Å². The quantitative estimate of drug-likeness (QED) is 0.581. The van der Waals surface area contributed by atoms with E-state index in [1.165, 1.54) is 6.20 Å². The van der Waals surface area contributed by atoms with Crippen molar-refractivity contribution in [1.29, 1.82) is 0 Å². The zero-order valence-electron chi connectivity index (χ0n) is 12.1. The molecule has 24 heavy (non-hydrogen) atoms. The number of thiophene rings is 1. The van der Waals surface area contributed by atoms with Crippen LogP contribution in [0.25, 0.3) is 31.6 Å². The number of halogens is 3. The number of hydrogen-bond donors (Lipinski definition) is 2. The molecular weight excluding hydrogens is 339 g/mol. The van der Waals surface area contributed by atoms with Crippen molar-refractivity contribution in [2.45, 2.75) is 6.18 Å². The molecule has 4 aromatic heterocycles. The van der Waals surface area contributed by atoms with Gasteiger partial charge in [-0.2, -0.15) is 18.2 Å². The lowest BCUT2D eigenvalue weighted by molar-refractivity contribution is -0.115. The van der Waals surface area contributed by atoms with E-state index in [0.717, 1.165) is 25.9 Å². The molecular formula is C15H10F3N5S. The number of alkyl halides is 3. The van der Waals surface area contributed by atoms with Crippen molar-refractivity contribution < 1.29 is 13.2 Å². The van der Waals surface area contributed by atoms with Gasteiger partial charge in [0.2, 0.25) is 5.95 Å². The second-order valence-corrected chi connectivity index (χ2v) is 6.23. The van der Waals surface area contributed by atoms with Crippen LogP contribution in [0.4, 0.5) is 19.1 Å². The Hall–Kier alpha value is -2.68. The lowest BCUT2D eigenvalue weighted by Gasteiger charge is -2.07.